The van der Waals surface area contributed by atoms with Gasteiger partial charge in [0.1, 0.15) is 5.66 Å². The third-order valence-electron chi connectivity index (χ3n) is 4.46. The molecule has 7 nitrogen and oxygen atoms in total. The van der Waals surface area contributed by atoms with Crippen molar-refractivity contribution in [3.63, 3.8) is 0 Å². The Hall–Kier alpha value is -2.28. The Morgan fingerprint density at radius 2 is 2.00 bits per heavy atom. The van der Waals surface area contributed by atoms with Gasteiger partial charge in [0, 0.05) is 0 Å². The number of carbonyl (C=O) groups excluding carboxylic acids is 1. The lowest BCUT2D eigenvalue weighted by atomic mass is 9.87. The molecule has 2 aliphatic rings. The van der Waals surface area contributed by atoms with Crippen molar-refractivity contribution in [2.75, 3.05) is 12.0 Å². The van der Waals surface area contributed by atoms with Crippen LogP contribution in [0.15, 0.2) is 28.2 Å². The minimum atomic E-state index is -0.565. The molecule has 0 aromatic heterocycles. The largest absolute Gasteiger partial charge is 0.465 e. The molecule has 4 N–H and O–H groups in total. The molecule has 1 aromatic rings. The Morgan fingerprint density at radius 3 is 2.62 bits per heavy atom. The summed E-state index contributed by atoms with van der Waals surface area (Å²) in [6, 6.07) is 4.96. The van der Waals surface area contributed by atoms with Crippen molar-refractivity contribution in [2.45, 2.75) is 37.8 Å². The van der Waals surface area contributed by atoms with Crippen LogP contribution in [0, 0.1) is 0 Å². The van der Waals surface area contributed by atoms with E-state index in [0.29, 0.717) is 16.3 Å². The zero-order valence-corrected chi connectivity index (χ0v) is 14.2. The van der Waals surface area contributed by atoms with E-state index in [-0.39, 0.29) is 11.9 Å². The average Bonchev–Trinajstić information content (AvgIpc) is 2.55. The number of carbonyl (C=O) groups is 1. The number of halogens is 1. The second kappa shape index (κ2) is 6.32. The average molecular weight is 350 g/mol. The summed E-state index contributed by atoms with van der Waals surface area (Å²) in [6.07, 6.45) is 4.84. The first-order valence-electron chi connectivity index (χ1n) is 7.84. The molecule has 1 saturated carbocycles. The Labute approximate surface area is 145 Å². The normalized spacial score (nSPS) is 19.7. The SMILES string of the molecule is COC(=O)c1ccc(N2C(N)=NC(N)=NC23CCCCC3)c(Cl)c1. The minimum Gasteiger partial charge on any atom is -0.465 e. The molecule has 1 aliphatic heterocycles. The Morgan fingerprint density at radius 1 is 1.29 bits per heavy atom. The summed E-state index contributed by atoms with van der Waals surface area (Å²) in [5.74, 6) is 0.00319. The summed E-state index contributed by atoms with van der Waals surface area (Å²) in [5, 5.41) is 0.386. The van der Waals surface area contributed by atoms with Crippen LogP contribution in [-0.2, 0) is 4.74 Å². The highest BCUT2D eigenvalue weighted by Gasteiger charge is 2.43. The third-order valence-corrected chi connectivity index (χ3v) is 4.76. The monoisotopic (exact) mass is 349 g/mol. The van der Waals surface area contributed by atoms with E-state index >= 15 is 0 Å². The van der Waals surface area contributed by atoms with Crippen LogP contribution in [0.5, 0.6) is 0 Å². The van der Waals surface area contributed by atoms with Crippen LogP contribution in [0.3, 0.4) is 0 Å². The summed E-state index contributed by atoms with van der Waals surface area (Å²) >= 11 is 6.43. The number of anilines is 1. The number of aliphatic imine (C=N–C) groups is 2. The molecule has 3 rings (SSSR count). The summed E-state index contributed by atoms with van der Waals surface area (Å²) in [7, 11) is 1.33. The van der Waals surface area contributed by atoms with Crippen molar-refractivity contribution in [3.8, 4) is 0 Å². The predicted octanol–water partition coefficient (Wildman–Crippen LogP) is 2.24. The summed E-state index contributed by atoms with van der Waals surface area (Å²) < 4.78 is 4.72. The molecule has 0 amide bonds. The molecule has 8 heteroatoms. The molecule has 1 heterocycles. The number of methoxy groups -OCH3 is 1. The van der Waals surface area contributed by atoms with Gasteiger partial charge < -0.3 is 16.2 Å². The highest BCUT2D eigenvalue weighted by atomic mass is 35.5. The van der Waals surface area contributed by atoms with E-state index in [0.717, 1.165) is 32.1 Å². The minimum absolute atomic E-state index is 0.188. The Bertz CT molecular complexity index is 725. The third kappa shape index (κ3) is 2.80. The van der Waals surface area contributed by atoms with Crippen LogP contribution in [0.1, 0.15) is 42.5 Å². The first-order chi connectivity index (χ1) is 11.5. The maximum Gasteiger partial charge on any atom is 0.337 e. The fraction of sp³-hybridized carbons (Fsp3) is 0.438. The number of hydrogen-bond donors (Lipinski definition) is 2. The van der Waals surface area contributed by atoms with Crippen LogP contribution >= 0.6 is 11.6 Å². The number of rotatable bonds is 2. The number of ether oxygens (including phenoxy) is 1. The molecule has 1 fully saturated rings. The van der Waals surface area contributed by atoms with Crippen molar-refractivity contribution in [1.82, 2.24) is 0 Å². The maximum absolute atomic E-state index is 11.7. The lowest BCUT2D eigenvalue weighted by molar-refractivity contribution is 0.0601. The lowest BCUT2D eigenvalue weighted by Crippen LogP contribution is -2.58. The number of nitrogens with zero attached hydrogens (tertiary/aromatic N) is 3. The molecular formula is C16H20ClN5O2. The number of benzene rings is 1. The highest BCUT2D eigenvalue weighted by Crippen LogP contribution is 2.41. The van der Waals surface area contributed by atoms with Gasteiger partial charge in [0.05, 0.1) is 23.4 Å². The standard InChI is InChI=1S/C16H20ClN5O2/c1-24-13(23)10-5-6-12(11(17)9-10)22-15(19)20-14(18)21-16(22)7-3-2-4-8-16/h5-6,9H,2-4,7-8H2,1H3,(H4,18,19,20,21). The van der Waals surface area contributed by atoms with Crippen molar-refractivity contribution in [3.05, 3.63) is 28.8 Å². The zero-order valence-electron chi connectivity index (χ0n) is 13.5. The van der Waals surface area contributed by atoms with Gasteiger partial charge in [-0.05, 0) is 43.9 Å². The molecule has 1 aromatic carbocycles. The van der Waals surface area contributed by atoms with Crippen LogP contribution in [0.4, 0.5) is 5.69 Å². The second-order valence-electron chi connectivity index (χ2n) is 5.98. The van der Waals surface area contributed by atoms with E-state index in [2.05, 4.69) is 9.98 Å². The molecule has 0 radical (unpaired) electrons. The first kappa shape index (κ1) is 16.6. The van der Waals surface area contributed by atoms with Gasteiger partial charge in [0.2, 0.25) is 11.9 Å². The highest BCUT2D eigenvalue weighted by molar-refractivity contribution is 6.34. The fourth-order valence-corrected chi connectivity index (χ4v) is 3.67. The topological polar surface area (TPSA) is 106 Å². The van der Waals surface area contributed by atoms with E-state index in [1.54, 1.807) is 18.2 Å². The quantitative estimate of drug-likeness (QED) is 0.796. The molecule has 0 atom stereocenters. The predicted molar refractivity (Wildman–Crippen MR) is 94.3 cm³/mol. The van der Waals surface area contributed by atoms with Crippen molar-refractivity contribution in [1.29, 1.82) is 0 Å². The van der Waals surface area contributed by atoms with Crippen LogP contribution in [0.25, 0.3) is 0 Å². The van der Waals surface area contributed by atoms with E-state index < -0.39 is 11.6 Å². The van der Waals surface area contributed by atoms with Crippen molar-refractivity contribution < 1.29 is 9.53 Å². The Balaban J connectivity index is 2.05. The van der Waals surface area contributed by atoms with Crippen molar-refractivity contribution in [2.24, 2.45) is 21.5 Å². The van der Waals surface area contributed by atoms with Gasteiger partial charge in [-0.1, -0.05) is 18.0 Å². The van der Waals surface area contributed by atoms with E-state index in [9.17, 15) is 4.79 Å². The van der Waals surface area contributed by atoms with E-state index in [1.807, 2.05) is 4.90 Å². The van der Waals surface area contributed by atoms with Crippen molar-refractivity contribution >= 4 is 35.2 Å². The van der Waals surface area contributed by atoms with Gasteiger partial charge in [0.15, 0.2) is 0 Å². The van der Waals surface area contributed by atoms with Crippen LogP contribution < -0.4 is 16.4 Å². The molecule has 24 heavy (non-hydrogen) atoms. The molecule has 1 spiro atoms. The number of esters is 1. The van der Waals surface area contributed by atoms with Gasteiger partial charge >= 0.3 is 5.97 Å². The molecular weight excluding hydrogens is 330 g/mol. The van der Waals surface area contributed by atoms with E-state index in [4.69, 9.17) is 27.8 Å². The van der Waals surface area contributed by atoms with Gasteiger partial charge in [-0.3, -0.25) is 4.90 Å². The first-order valence-corrected chi connectivity index (χ1v) is 8.22. The zero-order chi connectivity index (χ0) is 17.3. The summed E-state index contributed by atoms with van der Waals surface area (Å²) in [4.78, 5) is 22.2. The van der Waals surface area contributed by atoms with E-state index in [1.165, 1.54) is 7.11 Å². The fourth-order valence-electron chi connectivity index (χ4n) is 3.40. The van der Waals surface area contributed by atoms with Crippen LogP contribution in [0.2, 0.25) is 5.02 Å². The van der Waals surface area contributed by atoms with Gasteiger partial charge in [-0.2, -0.15) is 4.99 Å². The smallest absolute Gasteiger partial charge is 0.337 e. The van der Waals surface area contributed by atoms with Gasteiger partial charge in [-0.15, -0.1) is 0 Å². The summed E-state index contributed by atoms with van der Waals surface area (Å²) in [5.41, 5.74) is 12.5. The number of hydrogen-bond acceptors (Lipinski definition) is 7. The number of guanidine groups is 2. The summed E-state index contributed by atoms with van der Waals surface area (Å²) in [6.45, 7) is 0. The Kier molecular flexibility index (Phi) is 4.36. The molecule has 0 saturated heterocycles. The molecule has 0 bridgehead atoms. The lowest BCUT2D eigenvalue weighted by Gasteiger charge is -2.45. The number of nitrogens with two attached hydrogens (primary N) is 2. The second-order valence-corrected chi connectivity index (χ2v) is 6.38. The maximum atomic E-state index is 11.7. The van der Waals surface area contributed by atoms with Gasteiger partial charge in [-0.25, -0.2) is 9.79 Å². The van der Waals surface area contributed by atoms with Gasteiger partial charge in [0.25, 0.3) is 0 Å². The molecule has 128 valence electrons. The van der Waals surface area contributed by atoms with Crippen LogP contribution in [-0.4, -0.2) is 30.7 Å². The molecule has 1 aliphatic carbocycles. The molecule has 0 unspecified atom stereocenters.